The van der Waals surface area contributed by atoms with Crippen molar-refractivity contribution in [2.75, 3.05) is 17.7 Å². The number of pyridine rings is 1. The third-order valence-corrected chi connectivity index (χ3v) is 4.44. The fraction of sp³-hybridized carbons (Fsp3) is 0.136. The van der Waals surface area contributed by atoms with Gasteiger partial charge in [-0.25, -0.2) is 9.37 Å². The number of anilines is 3. The van der Waals surface area contributed by atoms with Gasteiger partial charge in [0.2, 0.25) is 6.41 Å². The number of nitrogens with zero attached hydrogens (tertiary/aromatic N) is 1. The standard InChI is InChI=1S/C22H22FN5O3/c1-13-8-15(10-16(9-13)31-2)26-21-17(19(24)30)11-18(23)22(28-21)27-20(25-12-29)14-6-4-3-5-7-14/h3-12,20H,1-2H3,(H2,24,30)(H,25,29)(H2,26,27,28). The van der Waals surface area contributed by atoms with Crippen molar-refractivity contribution in [2.24, 2.45) is 5.73 Å². The van der Waals surface area contributed by atoms with Gasteiger partial charge in [-0.1, -0.05) is 30.3 Å². The molecule has 5 N–H and O–H groups in total. The summed E-state index contributed by atoms with van der Waals surface area (Å²) in [4.78, 5) is 27.2. The number of primary amides is 1. The lowest BCUT2D eigenvalue weighted by Crippen LogP contribution is -2.28. The first-order valence-electron chi connectivity index (χ1n) is 9.35. The number of halogens is 1. The number of hydrogen-bond acceptors (Lipinski definition) is 6. The quantitative estimate of drug-likeness (QED) is 0.310. The highest BCUT2D eigenvalue weighted by atomic mass is 19.1. The number of amides is 2. The molecule has 1 unspecified atom stereocenters. The molecule has 0 aliphatic rings. The molecule has 3 aromatic rings. The summed E-state index contributed by atoms with van der Waals surface area (Å²) in [7, 11) is 1.54. The Morgan fingerprint density at radius 3 is 2.55 bits per heavy atom. The predicted octanol–water partition coefficient (Wildman–Crippen LogP) is 3.24. The summed E-state index contributed by atoms with van der Waals surface area (Å²) in [5.41, 5.74) is 7.47. The van der Waals surface area contributed by atoms with Gasteiger partial charge in [-0.15, -0.1) is 0 Å². The number of nitrogens with one attached hydrogen (secondary N) is 3. The van der Waals surface area contributed by atoms with Crippen molar-refractivity contribution in [2.45, 2.75) is 13.1 Å². The van der Waals surface area contributed by atoms with Gasteiger partial charge in [0.1, 0.15) is 17.7 Å². The van der Waals surface area contributed by atoms with Crippen LogP contribution in [0.15, 0.2) is 54.6 Å². The number of nitrogens with two attached hydrogens (primary N) is 1. The van der Waals surface area contributed by atoms with E-state index in [0.717, 1.165) is 11.6 Å². The van der Waals surface area contributed by atoms with Crippen molar-refractivity contribution in [3.63, 3.8) is 0 Å². The minimum atomic E-state index is -0.842. The van der Waals surface area contributed by atoms with E-state index in [9.17, 15) is 14.0 Å². The number of ether oxygens (including phenoxy) is 1. The molecule has 1 atom stereocenters. The Balaban J connectivity index is 2.00. The molecule has 2 aromatic carbocycles. The molecule has 0 aliphatic heterocycles. The van der Waals surface area contributed by atoms with Gasteiger partial charge in [-0.05, 0) is 36.2 Å². The lowest BCUT2D eigenvalue weighted by Gasteiger charge is -2.20. The van der Waals surface area contributed by atoms with E-state index in [4.69, 9.17) is 10.5 Å². The maximum absolute atomic E-state index is 14.7. The second kappa shape index (κ2) is 9.57. The van der Waals surface area contributed by atoms with Crippen LogP contribution >= 0.6 is 0 Å². The van der Waals surface area contributed by atoms with E-state index in [1.807, 2.05) is 25.1 Å². The molecule has 2 amide bonds. The molecule has 160 valence electrons. The van der Waals surface area contributed by atoms with E-state index in [-0.39, 0.29) is 17.2 Å². The summed E-state index contributed by atoms with van der Waals surface area (Å²) >= 11 is 0. The fourth-order valence-corrected chi connectivity index (χ4v) is 3.02. The molecule has 1 heterocycles. The highest BCUT2D eigenvalue weighted by Crippen LogP contribution is 2.28. The average Bonchev–Trinajstić information content (AvgIpc) is 2.75. The van der Waals surface area contributed by atoms with E-state index in [1.165, 1.54) is 7.11 Å². The normalized spacial score (nSPS) is 11.3. The van der Waals surface area contributed by atoms with Crippen molar-refractivity contribution in [1.29, 1.82) is 0 Å². The van der Waals surface area contributed by atoms with Crippen molar-refractivity contribution in [3.05, 3.63) is 77.1 Å². The maximum atomic E-state index is 14.7. The molecular formula is C22H22FN5O3. The monoisotopic (exact) mass is 423 g/mol. The van der Waals surface area contributed by atoms with Crippen LogP contribution in [0.25, 0.3) is 0 Å². The third kappa shape index (κ3) is 5.27. The van der Waals surface area contributed by atoms with Crippen LogP contribution in [-0.2, 0) is 4.79 Å². The molecular weight excluding hydrogens is 401 g/mol. The van der Waals surface area contributed by atoms with Gasteiger partial charge in [0.05, 0.1) is 12.7 Å². The van der Waals surface area contributed by atoms with Crippen LogP contribution in [0, 0.1) is 12.7 Å². The Kier molecular flexibility index (Phi) is 6.66. The average molecular weight is 423 g/mol. The molecule has 1 aromatic heterocycles. The van der Waals surface area contributed by atoms with Crippen molar-refractivity contribution < 1.29 is 18.7 Å². The SMILES string of the molecule is COc1cc(C)cc(Nc2nc(NC(NC=O)c3ccccc3)c(F)cc2C(N)=O)c1. The van der Waals surface area contributed by atoms with Crippen LogP contribution in [0.2, 0.25) is 0 Å². The maximum Gasteiger partial charge on any atom is 0.252 e. The molecule has 0 radical (unpaired) electrons. The molecule has 0 spiro atoms. The topological polar surface area (TPSA) is 118 Å². The summed E-state index contributed by atoms with van der Waals surface area (Å²) in [6, 6.07) is 15.3. The number of benzene rings is 2. The first kappa shape index (κ1) is 21.6. The summed E-state index contributed by atoms with van der Waals surface area (Å²) in [6.45, 7) is 1.88. The number of aromatic nitrogens is 1. The zero-order chi connectivity index (χ0) is 22.4. The zero-order valence-electron chi connectivity index (χ0n) is 17.0. The van der Waals surface area contributed by atoms with Crippen LogP contribution in [0.3, 0.4) is 0 Å². The molecule has 8 nitrogen and oxygen atoms in total. The van der Waals surface area contributed by atoms with Crippen molar-refractivity contribution in [3.8, 4) is 5.75 Å². The molecule has 0 aliphatic carbocycles. The van der Waals surface area contributed by atoms with E-state index in [0.29, 0.717) is 23.4 Å². The summed E-state index contributed by atoms with van der Waals surface area (Å²) < 4.78 is 20.0. The second-order valence-corrected chi connectivity index (χ2v) is 6.72. The molecule has 0 saturated carbocycles. The Morgan fingerprint density at radius 2 is 1.90 bits per heavy atom. The van der Waals surface area contributed by atoms with Crippen LogP contribution in [0.1, 0.15) is 27.7 Å². The van der Waals surface area contributed by atoms with Gasteiger partial charge in [0.15, 0.2) is 11.6 Å². The van der Waals surface area contributed by atoms with Crippen LogP contribution in [0.4, 0.5) is 21.7 Å². The van der Waals surface area contributed by atoms with E-state index in [2.05, 4.69) is 20.9 Å². The van der Waals surface area contributed by atoms with E-state index in [1.54, 1.807) is 30.3 Å². The highest BCUT2D eigenvalue weighted by molar-refractivity contribution is 5.98. The number of methoxy groups -OCH3 is 1. The van der Waals surface area contributed by atoms with Gasteiger partial charge >= 0.3 is 0 Å². The first-order chi connectivity index (χ1) is 14.9. The highest BCUT2D eigenvalue weighted by Gasteiger charge is 2.19. The number of hydrogen-bond donors (Lipinski definition) is 4. The molecule has 0 bridgehead atoms. The van der Waals surface area contributed by atoms with E-state index >= 15 is 0 Å². The molecule has 31 heavy (non-hydrogen) atoms. The van der Waals surface area contributed by atoms with Gasteiger partial charge in [0.25, 0.3) is 5.91 Å². The minimum Gasteiger partial charge on any atom is -0.497 e. The number of aryl methyl sites for hydroxylation is 1. The Bertz CT molecular complexity index is 1090. The lowest BCUT2D eigenvalue weighted by atomic mass is 10.1. The van der Waals surface area contributed by atoms with Crippen molar-refractivity contribution in [1.82, 2.24) is 10.3 Å². The Morgan fingerprint density at radius 1 is 1.16 bits per heavy atom. The molecule has 3 rings (SSSR count). The summed E-state index contributed by atoms with van der Waals surface area (Å²) in [5.74, 6) is -1.15. The molecule has 9 heteroatoms. The zero-order valence-corrected chi connectivity index (χ0v) is 17.0. The number of carbonyl (C=O) groups excluding carboxylic acids is 2. The Hall–Kier alpha value is -4.14. The fourth-order valence-electron chi connectivity index (χ4n) is 3.02. The second-order valence-electron chi connectivity index (χ2n) is 6.72. The van der Waals surface area contributed by atoms with Crippen LogP contribution < -0.4 is 26.4 Å². The lowest BCUT2D eigenvalue weighted by molar-refractivity contribution is -0.110. The minimum absolute atomic E-state index is 0.0574. The smallest absolute Gasteiger partial charge is 0.252 e. The Labute approximate surface area is 178 Å². The van der Waals surface area contributed by atoms with E-state index < -0.39 is 17.9 Å². The van der Waals surface area contributed by atoms with Gasteiger partial charge in [-0.2, -0.15) is 0 Å². The summed E-state index contributed by atoms with van der Waals surface area (Å²) in [6.07, 6.45) is -0.245. The summed E-state index contributed by atoms with van der Waals surface area (Å²) in [5, 5.41) is 8.42. The number of rotatable bonds is 9. The van der Waals surface area contributed by atoms with Gasteiger partial charge < -0.3 is 26.4 Å². The number of carbonyl (C=O) groups is 2. The largest absolute Gasteiger partial charge is 0.497 e. The van der Waals surface area contributed by atoms with Gasteiger partial charge in [-0.3, -0.25) is 9.59 Å². The molecule has 0 saturated heterocycles. The predicted molar refractivity (Wildman–Crippen MR) is 116 cm³/mol. The third-order valence-electron chi connectivity index (χ3n) is 4.44. The van der Waals surface area contributed by atoms with Crippen LogP contribution in [-0.4, -0.2) is 24.4 Å². The first-order valence-corrected chi connectivity index (χ1v) is 9.35. The van der Waals surface area contributed by atoms with Crippen LogP contribution in [0.5, 0.6) is 5.75 Å². The van der Waals surface area contributed by atoms with Crippen molar-refractivity contribution >= 4 is 29.6 Å². The van der Waals surface area contributed by atoms with Gasteiger partial charge in [0, 0.05) is 11.8 Å². The molecule has 0 fully saturated rings.